The van der Waals surface area contributed by atoms with Crippen LogP contribution in [-0.4, -0.2) is 26.1 Å². The summed E-state index contributed by atoms with van der Waals surface area (Å²) in [5.74, 6) is 0. The fourth-order valence-electron chi connectivity index (χ4n) is 2.60. The highest BCUT2D eigenvalue weighted by Crippen LogP contribution is 2.35. The molecular formula is C14H14N2O4S2. The molecule has 0 unspecified atom stereocenters. The fourth-order valence-corrected chi connectivity index (χ4v) is 4.13. The average molecular weight is 338 g/mol. The molecule has 0 spiro atoms. The highest BCUT2D eigenvalue weighted by atomic mass is 32.2. The van der Waals surface area contributed by atoms with Crippen LogP contribution in [0.15, 0.2) is 34.5 Å². The van der Waals surface area contributed by atoms with Crippen molar-refractivity contribution in [3.8, 4) is 0 Å². The van der Waals surface area contributed by atoms with Crippen molar-refractivity contribution < 1.29 is 13.3 Å². The average Bonchev–Trinajstić information content (AvgIpc) is 2.92. The van der Waals surface area contributed by atoms with Crippen molar-refractivity contribution in [1.82, 2.24) is 0 Å². The maximum atomic E-state index is 11.6. The minimum absolute atomic E-state index is 0.0313. The van der Waals surface area contributed by atoms with Gasteiger partial charge in [0, 0.05) is 30.3 Å². The van der Waals surface area contributed by atoms with Crippen molar-refractivity contribution in [1.29, 1.82) is 0 Å². The number of anilines is 1. The van der Waals surface area contributed by atoms with Crippen LogP contribution in [0.3, 0.4) is 0 Å². The fraction of sp³-hybridized carbons (Fsp3) is 0.286. The van der Waals surface area contributed by atoms with E-state index < -0.39 is 14.8 Å². The lowest BCUT2D eigenvalue weighted by atomic mass is 10.1. The van der Waals surface area contributed by atoms with Crippen LogP contribution in [0.2, 0.25) is 0 Å². The Hall–Kier alpha value is -1.93. The summed E-state index contributed by atoms with van der Waals surface area (Å²) in [5.41, 5.74) is 1.48. The van der Waals surface area contributed by atoms with E-state index in [1.165, 1.54) is 22.6 Å². The minimum atomic E-state index is -3.47. The molecule has 0 radical (unpaired) electrons. The number of nitrogens with zero attached hydrogens (tertiary/aromatic N) is 2. The quantitative estimate of drug-likeness (QED) is 0.635. The summed E-state index contributed by atoms with van der Waals surface area (Å²) >= 11 is 1.70. The summed E-state index contributed by atoms with van der Waals surface area (Å²) in [4.78, 5) is 14.0. The van der Waals surface area contributed by atoms with Crippen LogP contribution in [0.25, 0.3) is 0 Å². The Morgan fingerprint density at radius 2 is 2.09 bits per heavy atom. The molecule has 6 nitrogen and oxygen atoms in total. The number of rotatable bonds is 3. The summed E-state index contributed by atoms with van der Waals surface area (Å²) in [5, 5.41) is 13.3. The van der Waals surface area contributed by atoms with E-state index in [-0.39, 0.29) is 10.6 Å². The lowest BCUT2D eigenvalue weighted by Crippen LogP contribution is -2.30. The number of nitro benzene ring substituents is 1. The van der Waals surface area contributed by atoms with Gasteiger partial charge in [0.2, 0.25) is 0 Å². The topological polar surface area (TPSA) is 80.5 Å². The van der Waals surface area contributed by atoms with Gasteiger partial charge in [-0.05, 0) is 35.6 Å². The van der Waals surface area contributed by atoms with Gasteiger partial charge in [-0.2, -0.15) is 0 Å². The Balaban J connectivity index is 2.02. The van der Waals surface area contributed by atoms with Crippen LogP contribution >= 0.6 is 11.3 Å². The van der Waals surface area contributed by atoms with Crippen molar-refractivity contribution in [3.63, 3.8) is 0 Å². The van der Waals surface area contributed by atoms with Crippen LogP contribution in [0.4, 0.5) is 11.4 Å². The first-order valence-electron chi connectivity index (χ1n) is 6.65. The number of sulfone groups is 1. The van der Waals surface area contributed by atoms with E-state index in [1.54, 1.807) is 11.3 Å². The Morgan fingerprint density at radius 3 is 2.77 bits per heavy atom. The normalized spacial score (nSPS) is 14.7. The second kappa shape index (κ2) is 5.36. The first-order chi connectivity index (χ1) is 10.4. The third kappa shape index (κ3) is 2.71. The molecule has 0 saturated carbocycles. The molecule has 116 valence electrons. The Bertz CT molecular complexity index is 842. The van der Waals surface area contributed by atoms with Crippen LogP contribution in [0.5, 0.6) is 0 Å². The molecule has 1 aromatic heterocycles. The van der Waals surface area contributed by atoms with E-state index in [2.05, 4.69) is 0 Å². The van der Waals surface area contributed by atoms with Gasteiger partial charge in [0.25, 0.3) is 5.69 Å². The first-order valence-corrected chi connectivity index (χ1v) is 9.42. The SMILES string of the molecule is CS(=O)(=O)c1ccc(N2CCc3sccc3C2)c([N+](=O)[O-])c1. The third-order valence-corrected chi connectivity index (χ3v) is 5.85. The molecule has 22 heavy (non-hydrogen) atoms. The summed E-state index contributed by atoms with van der Waals surface area (Å²) < 4.78 is 23.2. The molecule has 2 aromatic rings. The molecule has 1 aromatic carbocycles. The zero-order chi connectivity index (χ0) is 15.9. The lowest BCUT2D eigenvalue weighted by molar-refractivity contribution is -0.384. The summed E-state index contributed by atoms with van der Waals surface area (Å²) in [6.07, 6.45) is 1.89. The van der Waals surface area contributed by atoms with E-state index in [0.29, 0.717) is 18.8 Å². The van der Waals surface area contributed by atoms with Crippen LogP contribution < -0.4 is 4.90 Å². The summed E-state index contributed by atoms with van der Waals surface area (Å²) in [7, 11) is -3.47. The molecule has 3 rings (SSSR count). The van der Waals surface area contributed by atoms with Crippen LogP contribution in [-0.2, 0) is 22.8 Å². The molecule has 1 aliphatic rings. The van der Waals surface area contributed by atoms with Gasteiger partial charge in [0.15, 0.2) is 9.84 Å². The smallest absolute Gasteiger partial charge is 0.293 e. The van der Waals surface area contributed by atoms with E-state index in [4.69, 9.17) is 0 Å². The number of hydrogen-bond acceptors (Lipinski definition) is 6. The predicted molar refractivity (Wildman–Crippen MR) is 85.3 cm³/mol. The van der Waals surface area contributed by atoms with Gasteiger partial charge >= 0.3 is 0 Å². The monoisotopic (exact) mass is 338 g/mol. The molecule has 8 heteroatoms. The molecule has 1 aliphatic heterocycles. The van der Waals surface area contributed by atoms with Crippen molar-refractivity contribution in [2.24, 2.45) is 0 Å². The van der Waals surface area contributed by atoms with E-state index in [9.17, 15) is 18.5 Å². The van der Waals surface area contributed by atoms with Crippen molar-refractivity contribution >= 4 is 32.5 Å². The predicted octanol–water partition coefficient (Wildman–Crippen LogP) is 2.62. The summed E-state index contributed by atoms with van der Waals surface area (Å²) in [6, 6.07) is 6.14. The molecule has 0 fully saturated rings. The molecule has 0 N–H and O–H groups in total. The van der Waals surface area contributed by atoms with Crippen molar-refractivity contribution in [3.05, 3.63) is 50.2 Å². The van der Waals surface area contributed by atoms with Gasteiger partial charge in [-0.25, -0.2) is 8.42 Å². The van der Waals surface area contributed by atoms with E-state index in [1.807, 2.05) is 16.3 Å². The standard InChI is InChI=1S/C14H14N2O4S2/c1-22(19,20)11-2-3-12(13(8-11)16(17)18)15-6-4-14-10(9-15)5-7-21-14/h2-3,5,7-8H,4,6,9H2,1H3. The van der Waals surface area contributed by atoms with Gasteiger partial charge < -0.3 is 4.90 Å². The molecular weight excluding hydrogens is 324 g/mol. The van der Waals surface area contributed by atoms with E-state index >= 15 is 0 Å². The number of benzene rings is 1. The zero-order valence-corrected chi connectivity index (χ0v) is 13.5. The Labute approximate surface area is 132 Å². The minimum Gasteiger partial charge on any atom is -0.361 e. The third-order valence-electron chi connectivity index (χ3n) is 3.72. The van der Waals surface area contributed by atoms with Gasteiger partial charge in [-0.3, -0.25) is 10.1 Å². The molecule has 0 bridgehead atoms. The highest BCUT2D eigenvalue weighted by molar-refractivity contribution is 7.90. The lowest BCUT2D eigenvalue weighted by Gasteiger charge is -2.28. The molecule has 0 aliphatic carbocycles. The second-order valence-electron chi connectivity index (χ2n) is 5.22. The maximum absolute atomic E-state index is 11.6. The molecule has 0 saturated heterocycles. The largest absolute Gasteiger partial charge is 0.361 e. The second-order valence-corrected chi connectivity index (χ2v) is 8.24. The number of nitro groups is 1. The van der Waals surface area contributed by atoms with Gasteiger partial charge in [0.1, 0.15) is 5.69 Å². The maximum Gasteiger partial charge on any atom is 0.293 e. The Morgan fingerprint density at radius 1 is 1.32 bits per heavy atom. The van der Waals surface area contributed by atoms with Crippen LogP contribution in [0.1, 0.15) is 10.4 Å². The van der Waals surface area contributed by atoms with Gasteiger partial charge in [-0.15, -0.1) is 11.3 Å². The molecule has 0 amide bonds. The first kappa shape index (κ1) is 15.0. The molecule has 2 heterocycles. The molecule has 0 atom stereocenters. The summed E-state index contributed by atoms with van der Waals surface area (Å²) in [6.45, 7) is 1.30. The van der Waals surface area contributed by atoms with Gasteiger partial charge in [0.05, 0.1) is 9.82 Å². The number of thiophene rings is 1. The van der Waals surface area contributed by atoms with Crippen molar-refractivity contribution in [2.75, 3.05) is 17.7 Å². The highest BCUT2D eigenvalue weighted by Gasteiger charge is 2.25. The number of hydrogen-bond donors (Lipinski definition) is 0. The van der Waals surface area contributed by atoms with Crippen LogP contribution in [0, 0.1) is 10.1 Å². The van der Waals surface area contributed by atoms with Crippen molar-refractivity contribution in [2.45, 2.75) is 17.9 Å². The zero-order valence-electron chi connectivity index (χ0n) is 11.9. The van der Waals surface area contributed by atoms with Gasteiger partial charge in [-0.1, -0.05) is 0 Å². The number of fused-ring (bicyclic) bond motifs is 1. The Kier molecular flexibility index (Phi) is 3.65. The van der Waals surface area contributed by atoms with E-state index in [0.717, 1.165) is 18.7 Å².